The lowest BCUT2D eigenvalue weighted by Gasteiger charge is -2.26. The van der Waals surface area contributed by atoms with Gasteiger partial charge in [-0.25, -0.2) is 4.79 Å². The number of halogens is 1. The largest absolute Gasteiger partial charge is 0.493 e. The van der Waals surface area contributed by atoms with Gasteiger partial charge in [-0.05, 0) is 61.6 Å². The van der Waals surface area contributed by atoms with Gasteiger partial charge in [-0.3, -0.25) is 9.13 Å². The summed E-state index contributed by atoms with van der Waals surface area (Å²) in [6.07, 6.45) is 2.75. The van der Waals surface area contributed by atoms with Crippen LogP contribution in [0.2, 0.25) is 5.02 Å². The van der Waals surface area contributed by atoms with E-state index in [0.717, 1.165) is 29.4 Å². The zero-order valence-electron chi connectivity index (χ0n) is 16.6. The Labute approximate surface area is 174 Å². The second-order valence-electron chi connectivity index (χ2n) is 7.52. The lowest BCUT2D eigenvalue weighted by molar-refractivity contribution is 0.110. The van der Waals surface area contributed by atoms with Gasteiger partial charge in [0.2, 0.25) is 0 Å². The highest BCUT2D eigenvalue weighted by Gasteiger charge is 2.25. The maximum absolute atomic E-state index is 13.4. The summed E-state index contributed by atoms with van der Waals surface area (Å²) < 4.78 is 14.3. The summed E-state index contributed by atoms with van der Waals surface area (Å²) in [6.45, 7) is 0.401. The lowest BCUT2D eigenvalue weighted by Crippen LogP contribution is -2.31. The van der Waals surface area contributed by atoms with Crippen LogP contribution in [0.25, 0.3) is 11.0 Å². The number of ether oxygens (including phenoxy) is 2. The number of nitrogens with zero attached hydrogens (tertiary/aromatic N) is 2. The summed E-state index contributed by atoms with van der Waals surface area (Å²) in [6, 6.07) is 11.3. The van der Waals surface area contributed by atoms with Crippen LogP contribution in [-0.4, -0.2) is 34.6 Å². The fourth-order valence-corrected chi connectivity index (χ4v) is 4.40. The molecule has 1 heterocycles. The highest BCUT2D eigenvalue weighted by atomic mass is 35.5. The van der Waals surface area contributed by atoms with Crippen molar-refractivity contribution in [3.05, 3.63) is 57.5 Å². The predicted octanol–water partition coefficient (Wildman–Crippen LogP) is 4.00. The van der Waals surface area contributed by atoms with Gasteiger partial charge in [0.25, 0.3) is 0 Å². The number of hydrogen-bond donors (Lipinski definition) is 1. The number of benzene rings is 2. The average molecular weight is 417 g/mol. The lowest BCUT2D eigenvalue weighted by atomic mass is 9.93. The SMILES string of the molecule is COc1ccc(Cn2c(=O)n([C@H]3CC[C@H](O)CC3)c3ccc(Cl)cc32)cc1OC. The first-order chi connectivity index (χ1) is 14.0. The smallest absolute Gasteiger partial charge is 0.329 e. The van der Waals surface area contributed by atoms with E-state index in [4.69, 9.17) is 21.1 Å². The molecule has 1 aliphatic carbocycles. The molecule has 0 unspecified atom stereocenters. The molecule has 29 heavy (non-hydrogen) atoms. The molecule has 0 radical (unpaired) electrons. The number of imidazole rings is 1. The van der Waals surface area contributed by atoms with Crippen molar-refractivity contribution in [2.75, 3.05) is 14.2 Å². The Hall–Kier alpha value is -2.44. The van der Waals surface area contributed by atoms with E-state index in [9.17, 15) is 9.90 Å². The molecule has 1 aliphatic rings. The number of methoxy groups -OCH3 is 2. The summed E-state index contributed by atoms with van der Waals surface area (Å²) in [5, 5.41) is 10.4. The molecule has 0 saturated heterocycles. The summed E-state index contributed by atoms with van der Waals surface area (Å²) in [5.74, 6) is 1.27. The van der Waals surface area contributed by atoms with Gasteiger partial charge in [0.05, 0.1) is 37.9 Å². The molecule has 154 valence electrons. The van der Waals surface area contributed by atoms with Crippen LogP contribution in [0.4, 0.5) is 0 Å². The van der Waals surface area contributed by atoms with Crippen LogP contribution in [0.3, 0.4) is 0 Å². The molecule has 1 saturated carbocycles. The molecule has 1 N–H and O–H groups in total. The molecular weight excluding hydrogens is 392 g/mol. The van der Waals surface area contributed by atoms with Crippen molar-refractivity contribution in [3.8, 4) is 11.5 Å². The number of hydrogen-bond acceptors (Lipinski definition) is 4. The third-order valence-corrected chi connectivity index (χ3v) is 5.98. The van der Waals surface area contributed by atoms with Crippen LogP contribution in [0.1, 0.15) is 37.3 Å². The van der Waals surface area contributed by atoms with Gasteiger partial charge in [-0.15, -0.1) is 0 Å². The summed E-state index contributed by atoms with van der Waals surface area (Å²) in [5.41, 5.74) is 2.56. The van der Waals surface area contributed by atoms with Crippen molar-refractivity contribution >= 4 is 22.6 Å². The Balaban J connectivity index is 1.79. The molecular formula is C22H25ClN2O4. The zero-order chi connectivity index (χ0) is 20.5. The Morgan fingerprint density at radius 1 is 1.00 bits per heavy atom. The van der Waals surface area contributed by atoms with Crippen molar-refractivity contribution in [2.45, 2.75) is 44.4 Å². The van der Waals surface area contributed by atoms with Gasteiger partial charge in [0, 0.05) is 11.1 Å². The van der Waals surface area contributed by atoms with Gasteiger partial charge in [-0.1, -0.05) is 17.7 Å². The van der Waals surface area contributed by atoms with E-state index in [1.165, 1.54) is 0 Å². The van der Waals surface area contributed by atoms with Gasteiger partial charge < -0.3 is 14.6 Å². The number of aromatic nitrogens is 2. The summed E-state index contributed by atoms with van der Waals surface area (Å²) >= 11 is 6.25. The molecule has 0 aliphatic heterocycles. The number of rotatable bonds is 5. The highest BCUT2D eigenvalue weighted by Crippen LogP contribution is 2.32. The Morgan fingerprint density at radius 3 is 2.41 bits per heavy atom. The van der Waals surface area contributed by atoms with Crippen molar-refractivity contribution in [2.24, 2.45) is 0 Å². The molecule has 0 amide bonds. The third-order valence-electron chi connectivity index (χ3n) is 5.74. The van der Waals surface area contributed by atoms with E-state index < -0.39 is 0 Å². The fraction of sp³-hybridized carbons (Fsp3) is 0.409. The molecule has 3 aromatic rings. The average Bonchev–Trinajstić information content (AvgIpc) is 2.99. The predicted molar refractivity (Wildman–Crippen MR) is 113 cm³/mol. The number of aliphatic hydroxyl groups excluding tert-OH is 1. The van der Waals surface area contributed by atoms with Crippen LogP contribution < -0.4 is 15.2 Å². The molecule has 0 atom stereocenters. The van der Waals surface area contributed by atoms with Gasteiger partial charge in [0.1, 0.15) is 0 Å². The molecule has 1 aromatic heterocycles. The van der Waals surface area contributed by atoms with Crippen LogP contribution >= 0.6 is 11.6 Å². The fourth-order valence-electron chi connectivity index (χ4n) is 4.24. The van der Waals surface area contributed by atoms with E-state index >= 15 is 0 Å². The quantitative estimate of drug-likeness (QED) is 0.682. The van der Waals surface area contributed by atoms with Crippen LogP contribution in [0, 0.1) is 0 Å². The van der Waals surface area contributed by atoms with E-state index in [-0.39, 0.29) is 17.8 Å². The molecule has 1 fully saturated rings. The minimum absolute atomic E-state index is 0.0570. The van der Waals surface area contributed by atoms with Gasteiger partial charge in [0.15, 0.2) is 11.5 Å². The normalized spacial score (nSPS) is 19.4. The highest BCUT2D eigenvalue weighted by molar-refractivity contribution is 6.31. The second-order valence-corrected chi connectivity index (χ2v) is 7.96. The van der Waals surface area contributed by atoms with Crippen molar-refractivity contribution in [1.29, 1.82) is 0 Å². The molecule has 4 rings (SSSR count). The number of aliphatic hydroxyl groups is 1. The van der Waals surface area contributed by atoms with Gasteiger partial charge in [-0.2, -0.15) is 0 Å². The van der Waals surface area contributed by atoms with E-state index in [1.807, 2.05) is 41.0 Å². The van der Waals surface area contributed by atoms with E-state index in [0.29, 0.717) is 35.9 Å². The standard InChI is InChI=1S/C22H25ClN2O4/c1-28-20-10-3-14(11-21(20)29-2)13-24-19-12-15(23)4-9-18(19)25(22(24)27)16-5-7-17(26)8-6-16/h3-4,9-12,16-17,26H,5-8,13H2,1-2H3/t16-,17-. The summed E-state index contributed by atoms with van der Waals surface area (Å²) in [4.78, 5) is 13.4. The summed E-state index contributed by atoms with van der Waals surface area (Å²) in [7, 11) is 3.19. The van der Waals surface area contributed by atoms with Gasteiger partial charge >= 0.3 is 5.69 Å². The molecule has 6 nitrogen and oxygen atoms in total. The first kappa shape index (κ1) is 19.9. The van der Waals surface area contributed by atoms with Crippen molar-refractivity contribution in [3.63, 3.8) is 0 Å². The Bertz CT molecular complexity index is 1080. The Kier molecular flexibility index (Phi) is 5.56. The van der Waals surface area contributed by atoms with Crippen LogP contribution in [-0.2, 0) is 6.54 Å². The topological polar surface area (TPSA) is 65.6 Å². The zero-order valence-corrected chi connectivity index (χ0v) is 17.4. The monoisotopic (exact) mass is 416 g/mol. The maximum atomic E-state index is 13.4. The first-order valence-electron chi connectivity index (χ1n) is 9.81. The minimum Gasteiger partial charge on any atom is -0.493 e. The van der Waals surface area contributed by atoms with Crippen molar-refractivity contribution in [1.82, 2.24) is 9.13 Å². The molecule has 0 spiro atoms. The molecule has 2 aromatic carbocycles. The van der Waals surface area contributed by atoms with Crippen LogP contribution in [0.15, 0.2) is 41.2 Å². The van der Waals surface area contributed by atoms with E-state index in [1.54, 1.807) is 18.8 Å². The minimum atomic E-state index is -0.267. The third kappa shape index (κ3) is 3.74. The van der Waals surface area contributed by atoms with Crippen molar-refractivity contribution < 1.29 is 14.6 Å². The first-order valence-corrected chi connectivity index (χ1v) is 10.2. The van der Waals surface area contributed by atoms with E-state index in [2.05, 4.69) is 0 Å². The maximum Gasteiger partial charge on any atom is 0.329 e. The number of fused-ring (bicyclic) bond motifs is 1. The Morgan fingerprint density at radius 2 is 1.72 bits per heavy atom. The van der Waals surface area contributed by atoms with Crippen LogP contribution in [0.5, 0.6) is 11.5 Å². The molecule has 0 bridgehead atoms. The molecule has 7 heteroatoms. The second kappa shape index (κ2) is 8.13.